The van der Waals surface area contributed by atoms with Gasteiger partial charge >= 0.3 is 0 Å². The van der Waals surface area contributed by atoms with Crippen LogP contribution in [0.25, 0.3) is 0 Å². The Bertz CT molecular complexity index is 368. The molecule has 1 heterocycles. The highest BCUT2D eigenvalue weighted by Crippen LogP contribution is 2.28. The van der Waals surface area contributed by atoms with Crippen LogP contribution in [0.2, 0.25) is 0 Å². The van der Waals surface area contributed by atoms with E-state index in [1.165, 1.54) is 0 Å². The molecule has 7 heteroatoms. The average Bonchev–Trinajstić information content (AvgIpc) is 3.22. The van der Waals surface area contributed by atoms with E-state index in [9.17, 15) is 4.79 Å². The molecule has 0 unspecified atom stereocenters. The molecule has 0 aromatic rings. The molecule has 1 amide bonds. The maximum absolute atomic E-state index is 11.5. The van der Waals surface area contributed by atoms with Crippen molar-refractivity contribution in [3.8, 4) is 0 Å². The topological polar surface area (TPSA) is 74.8 Å². The molecule has 1 aliphatic heterocycles. The maximum Gasteiger partial charge on any atom is 0.223 e. The molecule has 2 aliphatic rings. The third kappa shape index (κ3) is 6.37. The lowest BCUT2D eigenvalue weighted by Crippen LogP contribution is -2.45. The number of ether oxygens (including phenoxy) is 1. The minimum atomic E-state index is 0. The molecule has 0 atom stereocenters. The van der Waals surface area contributed by atoms with Crippen LogP contribution in [0.1, 0.15) is 26.7 Å². The van der Waals surface area contributed by atoms with Gasteiger partial charge in [0.15, 0.2) is 5.96 Å². The molecule has 1 saturated carbocycles. The van der Waals surface area contributed by atoms with E-state index in [0.717, 1.165) is 45.1 Å². The second-order valence-electron chi connectivity index (χ2n) is 5.99. The first-order valence-electron chi connectivity index (χ1n) is 7.50. The fourth-order valence-electron chi connectivity index (χ4n) is 2.01. The standard InChI is InChI=1S/C14H26N4O2.HI/c1-3-15-13(18-8-14(2)9-20-10-14)17-7-6-16-12(19)11-4-5-11;/h11H,3-10H2,1-2H3,(H,16,19)(H2,15,17,18);1H. The van der Waals surface area contributed by atoms with Crippen molar-refractivity contribution in [2.75, 3.05) is 39.4 Å². The number of hydrogen-bond acceptors (Lipinski definition) is 3. The highest BCUT2D eigenvalue weighted by atomic mass is 127. The lowest BCUT2D eigenvalue weighted by molar-refractivity contribution is -0.122. The molecular formula is C14H27IN4O2. The molecule has 0 aromatic carbocycles. The second kappa shape index (κ2) is 8.77. The van der Waals surface area contributed by atoms with E-state index >= 15 is 0 Å². The molecule has 0 spiro atoms. The summed E-state index contributed by atoms with van der Waals surface area (Å²) in [5.74, 6) is 1.27. The summed E-state index contributed by atoms with van der Waals surface area (Å²) in [6, 6.07) is 0. The predicted octanol–water partition coefficient (Wildman–Crippen LogP) is 0.722. The van der Waals surface area contributed by atoms with Gasteiger partial charge in [-0.25, -0.2) is 0 Å². The number of halogens is 1. The number of nitrogens with one attached hydrogen (secondary N) is 3. The predicted molar refractivity (Wildman–Crippen MR) is 94.1 cm³/mol. The van der Waals surface area contributed by atoms with Crippen LogP contribution in [-0.4, -0.2) is 51.3 Å². The maximum atomic E-state index is 11.5. The molecule has 122 valence electrons. The number of hydrogen-bond donors (Lipinski definition) is 3. The molecule has 1 aliphatic carbocycles. The molecule has 1 saturated heterocycles. The van der Waals surface area contributed by atoms with E-state index < -0.39 is 0 Å². The zero-order valence-electron chi connectivity index (χ0n) is 12.9. The van der Waals surface area contributed by atoms with Gasteiger partial charge in [0.25, 0.3) is 0 Å². The van der Waals surface area contributed by atoms with Crippen LogP contribution in [0.3, 0.4) is 0 Å². The molecular weight excluding hydrogens is 383 g/mol. The third-order valence-electron chi connectivity index (χ3n) is 3.53. The van der Waals surface area contributed by atoms with Gasteiger partial charge in [0.1, 0.15) is 0 Å². The molecule has 21 heavy (non-hydrogen) atoms. The number of rotatable bonds is 7. The van der Waals surface area contributed by atoms with Crippen LogP contribution >= 0.6 is 24.0 Å². The Hall–Kier alpha value is -0.570. The smallest absolute Gasteiger partial charge is 0.223 e. The Kier molecular flexibility index (Phi) is 7.72. The van der Waals surface area contributed by atoms with Crippen molar-refractivity contribution >= 4 is 35.8 Å². The van der Waals surface area contributed by atoms with Crippen molar-refractivity contribution in [3.63, 3.8) is 0 Å². The lowest BCUT2D eigenvalue weighted by Gasteiger charge is -2.36. The number of guanidine groups is 1. The molecule has 2 fully saturated rings. The summed E-state index contributed by atoms with van der Waals surface area (Å²) in [6.45, 7) is 8.71. The van der Waals surface area contributed by atoms with Crippen LogP contribution < -0.4 is 16.0 Å². The Morgan fingerprint density at radius 1 is 1.24 bits per heavy atom. The first kappa shape index (κ1) is 18.5. The molecule has 6 nitrogen and oxygen atoms in total. The number of nitrogens with zero attached hydrogens (tertiary/aromatic N) is 1. The van der Waals surface area contributed by atoms with Crippen molar-refractivity contribution in [3.05, 3.63) is 0 Å². The summed E-state index contributed by atoms with van der Waals surface area (Å²) in [5, 5.41) is 9.38. The van der Waals surface area contributed by atoms with Gasteiger partial charge in [0.05, 0.1) is 19.8 Å². The fraction of sp³-hybridized carbons (Fsp3) is 0.857. The number of carbonyl (C=O) groups excluding carboxylic acids is 1. The van der Waals surface area contributed by atoms with Gasteiger partial charge < -0.3 is 20.7 Å². The van der Waals surface area contributed by atoms with E-state index in [-0.39, 0.29) is 41.2 Å². The van der Waals surface area contributed by atoms with E-state index in [0.29, 0.717) is 13.1 Å². The lowest BCUT2D eigenvalue weighted by atomic mass is 9.89. The van der Waals surface area contributed by atoms with Gasteiger partial charge in [-0.2, -0.15) is 0 Å². The average molecular weight is 410 g/mol. The van der Waals surface area contributed by atoms with Gasteiger partial charge in [-0.3, -0.25) is 9.79 Å². The van der Waals surface area contributed by atoms with E-state index in [2.05, 4.69) is 27.9 Å². The number of amides is 1. The van der Waals surface area contributed by atoms with Crippen LogP contribution in [0.4, 0.5) is 0 Å². The summed E-state index contributed by atoms with van der Waals surface area (Å²) >= 11 is 0. The summed E-state index contributed by atoms with van der Waals surface area (Å²) < 4.78 is 5.23. The number of carbonyl (C=O) groups is 1. The first-order valence-corrected chi connectivity index (χ1v) is 7.50. The highest BCUT2D eigenvalue weighted by molar-refractivity contribution is 14.0. The van der Waals surface area contributed by atoms with Gasteiger partial charge in [0.2, 0.25) is 5.91 Å². The van der Waals surface area contributed by atoms with Crippen molar-refractivity contribution in [1.29, 1.82) is 0 Å². The quantitative estimate of drug-likeness (QED) is 0.250. The molecule has 0 aromatic heterocycles. The van der Waals surface area contributed by atoms with Crippen LogP contribution in [-0.2, 0) is 9.53 Å². The SMILES string of the molecule is CCNC(=NCC1(C)COC1)NCCNC(=O)C1CC1.I. The van der Waals surface area contributed by atoms with Crippen LogP contribution in [0, 0.1) is 11.3 Å². The zero-order valence-corrected chi connectivity index (χ0v) is 15.2. The second-order valence-corrected chi connectivity index (χ2v) is 5.99. The summed E-state index contributed by atoms with van der Waals surface area (Å²) in [7, 11) is 0. The Labute approximate surface area is 143 Å². The highest BCUT2D eigenvalue weighted by Gasteiger charge is 2.33. The Balaban J connectivity index is 0.00000220. The van der Waals surface area contributed by atoms with Crippen LogP contribution in [0.15, 0.2) is 4.99 Å². The van der Waals surface area contributed by atoms with E-state index in [1.807, 2.05) is 6.92 Å². The van der Waals surface area contributed by atoms with Crippen molar-refractivity contribution < 1.29 is 9.53 Å². The molecule has 2 rings (SSSR count). The normalized spacial score (nSPS) is 20.0. The summed E-state index contributed by atoms with van der Waals surface area (Å²) in [6.07, 6.45) is 2.09. The van der Waals surface area contributed by atoms with Crippen molar-refractivity contribution in [2.45, 2.75) is 26.7 Å². The van der Waals surface area contributed by atoms with Crippen molar-refractivity contribution in [1.82, 2.24) is 16.0 Å². The van der Waals surface area contributed by atoms with Gasteiger partial charge in [0, 0.05) is 31.0 Å². The minimum absolute atomic E-state index is 0. The van der Waals surface area contributed by atoms with E-state index in [4.69, 9.17) is 4.74 Å². The van der Waals surface area contributed by atoms with Crippen LogP contribution in [0.5, 0.6) is 0 Å². The Morgan fingerprint density at radius 3 is 2.43 bits per heavy atom. The van der Waals surface area contributed by atoms with Gasteiger partial charge in [-0.1, -0.05) is 6.92 Å². The van der Waals surface area contributed by atoms with Gasteiger partial charge in [-0.05, 0) is 19.8 Å². The monoisotopic (exact) mass is 410 g/mol. The van der Waals surface area contributed by atoms with Crippen molar-refractivity contribution in [2.24, 2.45) is 16.3 Å². The minimum Gasteiger partial charge on any atom is -0.380 e. The molecule has 3 N–H and O–H groups in total. The molecule has 0 radical (unpaired) electrons. The van der Waals surface area contributed by atoms with Gasteiger partial charge in [-0.15, -0.1) is 24.0 Å². The molecule has 0 bridgehead atoms. The Morgan fingerprint density at radius 2 is 1.90 bits per heavy atom. The zero-order chi connectivity index (χ0) is 14.4. The van der Waals surface area contributed by atoms with E-state index in [1.54, 1.807) is 0 Å². The first-order chi connectivity index (χ1) is 9.63. The number of aliphatic imine (C=N–C) groups is 1. The summed E-state index contributed by atoms with van der Waals surface area (Å²) in [4.78, 5) is 16.1. The largest absolute Gasteiger partial charge is 0.380 e. The summed E-state index contributed by atoms with van der Waals surface area (Å²) in [5.41, 5.74) is 0.183. The fourth-order valence-corrected chi connectivity index (χ4v) is 2.01. The third-order valence-corrected chi connectivity index (χ3v) is 3.53.